The maximum atomic E-state index is 12.8. The summed E-state index contributed by atoms with van der Waals surface area (Å²) in [5, 5.41) is 0. The largest absolute Gasteiger partial charge is 0.497 e. The molecule has 9 heteroatoms. The van der Waals surface area contributed by atoms with Gasteiger partial charge in [0.25, 0.3) is 0 Å². The van der Waals surface area contributed by atoms with Crippen molar-refractivity contribution in [1.82, 2.24) is 4.90 Å². The molecule has 0 spiro atoms. The molecular weight excluding hydrogens is 522 g/mol. The van der Waals surface area contributed by atoms with E-state index >= 15 is 0 Å². The Morgan fingerprint density at radius 1 is 1.03 bits per heavy atom. The quantitative estimate of drug-likeness (QED) is 0.228. The zero-order valence-electron chi connectivity index (χ0n) is 16.3. The maximum Gasteiger partial charge on any atom is 0.308 e. The molecular formula is C21H21Br2NO6. The number of Topliss-reactive ketones (excluding diaryl/α,β-unsaturated/α-hetero) is 1. The fourth-order valence-corrected chi connectivity index (χ4v) is 6.79. The molecule has 0 N–H and O–H groups in total. The van der Waals surface area contributed by atoms with E-state index in [-0.39, 0.29) is 70.5 Å². The lowest BCUT2D eigenvalue weighted by molar-refractivity contribution is -0.145. The fraction of sp³-hybridized carbons (Fsp3) is 0.524. The lowest BCUT2D eigenvalue weighted by Gasteiger charge is -2.28. The number of hydrogen-bond acceptors (Lipinski definition) is 6. The smallest absolute Gasteiger partial charge is 0.308 e. The molecule has 3 aliphatic rings. The minimum atomic E-state index is -0.616. The van der Waals surface area contributed by atoms with Crippen molar-refractivity contribution in [3.8, 4) is 5.75 Å². The number of esters is 1. The molecule has 6 atom stereocenters. The Bertz CT molecular complexity index is 856. The number of rotatable bonds is 7. The van der Waals surface area contributed by atoms with Gasteiger partial charge in [0.05, 0.1) is 25.4 Å². The highest BCUT2D eigenvalue weighted by molar-refractivity contribution is 9.12. The molecule has 7 nitrogen and oxygen atoms in total. The van der Waals surface area contributed by atoms with Gasteiger partial charge in [0, 0.05) is 21.8 Å². The molecule has 30 heavy (non-hydrogen) atoms. The van der Waals surface area contributed by atoms with Gasteiger partial charge in [-0.3, -0.25) is 24.1 Å². The first-order valence-electron chi connectivity index (χ1n) is 9.79. The van der Waals surface area contributed by atoms with E-state index in [0.29, 0.717) is 11.3 Å². The number of carbonyl (C=O) groups excluding carboxylic acids is 4. The van der Waals surface area contributed by atoms with Gasteiger partial charge in [-0.15, -0.1) is 0 Å². The van der Waals surface area contributed by atoms with Crippen molar-refractivity contribution < 1.29 is 28.7 Å². The van der Waals surface area contributed by atoms with Crippen molar-refractivity contribution in [3.63, 3.8) is 0 Å². The summed E-state index contributed by atoms with van der Waals surface area (Å²) in [4.78, 5) is 51.4. The van der Waals surface area contributed by atoms with Crippen LogP contribution in [-0.4, -0.2) is 58.4 Å². The highest BCUT2D eigenvalue weighted by Crippen LogP contribution is 2.60. The summed E-state index contributed by atoms with van der Waals surface area (Å²) < 4.78 is 10.1. The van der Waals surface area contributed by atoms with Crippen molar-refractivity contribution in [2.45, 2.75) is 22.5 Å². The number of carbonyl (C=O) groups is 4. The molecule has 2 amide bonds. The van der Waals surface area contributed by atoms with Crippen LogP contribution in [0, 0.1) is 23.7 Å². The van der Waals surface area contributed by atoms with Gasteiger partial charge in [0.1, 0.15) is 5.75 Å². The van der Waals surface area contributed by atoms with E-state index in [1.165, 1.54) is 12.0 Å². The van der Waals surface area contributed by atoms with E-state index in [0.717, 1.165) is 6.42 Å². The number of hydrogen-bond donors (Lipinski definition) is 0. The van der Waals surface area contributed by atoms with Crippen LogP contribution in [0.1, 0.15) is 23.2 Å². The lowest BCUT2D eigenvalue weighted by Crippen LogP contribution is -2.37. The third-order valence-electron chi connectivity index (χ3n) is 6.39. The number of ketones is 1. The topological polar surface area (TPSA) is 90.0 Å². The molecule has 1 saturated heterocycles. The van der Waals surface area contributed by atoms with Crippen molar-refractivity contribution >= 4 is 55.4 Å². The molecule has 0 unspecified atom stereocenters. The Balaban J connectivity index is 1.28. The Labute approximate surface area is 190 Å². The maximum absolute atomic E-state index is 12.8. The van der Waals surface area contributed by atoms with Crippen LogP contribution >= 0.6 is 31.9 Å². The summed E-state index contributed by atoms with van der Waals surface area (Å²) in [5.41, 5.74) is 0.408. The van der Waals surface area contributed by atoms with Crippen molar-refractivity contribution in [1.29, 1.82) is 0 Å². The Morgan fingerprint density at radius 3 is 2.13 bits per heavy atom. The number of nitrogens with zero attached hydrogens (tertiary/aromatic N) is 1. The lowest BCUT2D eigenvalue weighted by atomic mass is 9.81. The predicted molar refractivity (Wildman–Crippen MR) is 114 cm³/mol. The molecule has 2 bridgehead atoms. The van der Waals surface area contributed by atoms with Gasteiger partial charge in [-0.25, -0.2) is 0 Å². The molecule has 0 aromatic heterocycles. The Kier molecular flexibility index (Phi) is 6.03. The van der Waals surface area contributed by atoms with Gasteiger partial charge in [-0.2, -0.15) is 0 Å². The number of alkyl halides is 2. The SMILES string of the molecule is COc1ccc(C(=O)COC(=O)CCN2C(=O)[C@@H]3[C@@H]4C[C@H]([C@H](Br)[C@@H]4Br)[C@@H]3C2=O)cc1. The average Bonchev–Trinajstić information content (AvgIpc) is 3.35. The summed E-state index contributed by atoms with van der Waals surface area (Å²) in [6, 6.07) is 6.49. The molecule has 160 valence electrons. The molecule has 2 saturated carbocycles. The molecule has 3 fully saturated rings. The normalized spacial score (nSPS) is 31.8. The monoisotopic (exact) mass is 541 g/mol. The zero-order chi connectivity index (χ0) is 21.6. The fourth-order valence-electron chi connectivity index (χ4n) is 4.91. The summed E-state index contributed by atoms with van der Waals surface area (Å²) in [7, 11) is 1.53. The van der Waals surface area contributed by atoms with Crippen molar-refractivity contribution in [3.05, 3.63) is 29.8 Å². The minimum absolute atomic E-state index is 0.0143. The zero-order valence-corrected chi connectivity index (χ0v) is 19.4. The summed E-state index contributed by atoms with van der Waals surface area (Å²) in [6.45, 7) is -0.404. The summed E-state index contributed by atoms with van der Waals surface area (Å²) in [6.07, 6.45) is 0.736. The highest BCUT2D eigenvalue weighted by atomic mass is 79.9. The van der Waals surface area contributed by atoms with Gasteiger partial charge in [0.15, 0.2) is 12.4 Å². The highest BCUT2D eigenvalue weighted by Gasteiger charge is 2.66. The number of methoxy groups -OCH3 is 1. The van der Waals surface area contributed by atoms with E-state index in [4.69, 9.17) is 9.47 Å². The van der Waals surface area contributed by atoms with Gasteiger partial charge in [0.2, 0.25) is 11.8 Å². The molecule has 1 heterocycles. The second-order valence-corrected chi connectivity index (χ2v) is 10.0. The van der Waals surface area contributed by atoms with E-state index in [2.05, 4.69) is 31.9 Å². The van der Waals surface area contributed by atoms with Crippen LogP contribution in [-0.2, 0) is 19.1 Å². The number of benzene rings is 1. The molecule has 1 aromatic carbocycles. The van der Waals surface area contributed by atoms with Crippen LogP contribution < -0.4 is 4.74 Å². The molecule has 1 aliphatic heterocycles. The van der Waals surface area contributed by atoms with Crippen LogP contribution in [0.3, 0.4) is 0 Å². The Hall–Kier alpha value is -1.74. The van der Waals surface area contributed by atoms with Gasteiger partial charge < -0.3 is 9.47 Å². The molecule has 2 aliphatic carbocycles. The minimum Gasteiger partial charge on any atom is -0.497 e. The van der Waals surface area contributed by atoms with Crippen LogP contribution in [0.5, 0.6) is 5.75 Å². The van der Waals surface area contributed by atoms with E-state index < -0.39 is 5.97 Å². The predicted octanol–water partition coefficient (Wildman–Crippen LogP) is 2.59. The summed E-state index contributed by atoms with van der Waals surface area (Å²) >= 11 is 7.29. The molecule has 1 aromatic rings. The van der Waals surface area contributed by atoms with Crippen LogP contribution in [0.2, 0.25) is 0 Å². The number of ether oxygens (including phenoxy) is 2. The number of halogens is 2. The third kappa shape index (κ3) is 3.60. The van der Waals surface area contributed by atoms with Gasteiger partial charge in [-0.1, -0.05) is 31.9 Å². The Morgan fingerprint density at radius 2 is 1.60 bits per heavy atom. The number of likely N-dealkylation sites (tertiary alicyclic amines) is 1. The first kappa shape index (κ1) is 21.5. The first-order chi connectivity index (χ1) is 14.3. The standard InChI is InChI=1S/C21H21Br2NO6/c1-29-11-4-2-10(3-5-11)14(25)9-30-15(26)6-7-24-20(27)16-12-8-13(17(16)21(24)28)19(23)18(12)22/h2-5,12-13,16-19H,6-9H2,1H3/t12-,13-,16-,17+,18-,19+/m0/s1. The van der Waals surface area contributed by atoms with E-state index in [1.54, 1.807) is 24.3 Å². The van der Waals surface area contributed by atoms with Crippen LogP contribution in [0.4, 0.5) is 0 Å². The van der Waals surface area contributed by atoms with Crippen LogP contribution in [0.15, 0.2) is 24.3 Å². The van der Waals surface area contributed by atoms with E-state index in [1.807, 2.05) is 0 Å². The second-order valence-electron chi connectivity index (χ2n) is 7.89. The molecule has 4 rings (SSSR count). The number of amides is 2. The number of fused-ring (bicyclic) bond motifs is 5. The summed E-state index contributed by atoms with van der Waals surface area (Å²) in [5.74, 6) is -1.03. The van der Waals surface area contributed by atoms with Crippen molar-refractivity contribution in [2.24, 2.45) is 23.7 Å². The first-order valence-corrected chi connectivity index (χ1v) is 11.6. The van der Waals surface area contributed by atoms with Crippen LogP contribution in [0.25, 0.3) is 0 Å². The number of imide groups is 1. The van der Waals surface area contributed by atoms with Gasteiger partial charge >= 0.3 is 5.97 Å². The molecule has 0 radical (unpaired) electrons. The second kappa shape index (κ2) is 8.42. The van der Waals surface area contributed by atoms with Gasteiger partial charge in [-0.05, 0) is 42.5 Å². The van der Waals surface area contributed by atoms with E-state index in [9.17, 15) is 19.2 Å². The third-order valence-corrected chi connectivity index (χ3v) is 9.60. The average molecular weight is 543 g/mol. The van der Waals surface area contributed by atoms with Crippen molar-refractivity contribution in [2.75, 3.05) is 20.3 Å².